The van der Waals surface area contributed by atoms with E-state index in [9.17, 15) is 19.7 Å². The Labute approximate surface area is 181 Å². The smallest absolute Gasteiger partial charge is 0.375 e. The van der Waals surface area contributed by atoms with Gasteiger partial charge in [0.15, 0.2) is 17.6 Å². The number of fused-ring (bicyclic) bond motifs is 1. The first-order valence-electron chi connectivity index (χ1n) is 9.67. The van der Waals surface area contributed by atoms with Gasteiger partial charge >= 0.3 is 5.97 Å². The lowest BCUT2D eigenvalue weighted by Gasteiger charge is -2.19. The number of nitro groups is 1. The van der Waals surface area contributed by atoms with E-state index in [0.29, 0.717) is 41.7 Å². The van der Waals surface area contributed by atoms with E-state index in [4.69, 9.17) is 18.6 Å². The van der Waals surface area contributed by atoms with Gasteiger partial charge in [-0.2, -0.15) is 0 Å². The summed E-state index contributed by atoms with van der Waals surface area (Å²) >= 11 is 0. The van der Waals surface area contributed by atoms with Crippen molar-refractivity contribution in [1.82, 2.24) is 0 Å². The molecule has 2 aromatic carbocycles. The maximum atomic E-state index is 12.4. The second kappa shape index (κ2) is 8.80. The lowest BCUT2D eigenvalue weighted by atomic mass is 10.1. The van der Waals surface area contributed by atoms with Crippen molar-refractivity contribution in [2.24, 2.45) is 0 Å². The molecule has 0 spiro atoms. The molecule has 1 aromatic heterocycles. The van der Waals surface area contributed by atoms with Gasteiger partial charge in [-0.05, 0) is 43.3 Å². The number of esters is 1. The first kappa shape index (κ1) is 20.9. The van der Waals surface area contributed by atoms with E-state index in [-0.39, 0.29) is 11.4 Å². The average molecular weight is 438 g/mol. The number of non-ortho nitro benzene ring substituents is 1. The molecule has 3 aromatic rings. The summed E-state index contributed by atoms with van der Waals surface area (Å²) < 4.78 is 21.6. The van der Waals surface area contributed by atoms with Crippen LogP contribution in [0.4, 0.5) is 11.4 Å². The Morgan fingerprint density at radius 3 is 2.47 bits per heavy atom. The fraction of sp³-hybridized carbons (Fsp3) is 0.182. The summed E-state index contributed by atoms with van der Waals surface area (Å²) in [4.78, 5) is 35.0. The minimum absolute atomic E-state index is 0.0576. The molecule has 1 atom stereocenters. The van der Waals surface area contributed by atoms with E-state index in [2.05, 4.69) is 5.32 Å². The molecule has 4 rings (SSSR count). The van der Waals surface area contributed by atoms with Crippen LogP contribution >= 0.6 is 0 Å². The van der Waals surface area contributed by atoms with Gasteiger partial charge in [0.05, 0.1) is 4.92 Å². The molecule has 1 N–H and O–H groups in total. The third-order valence-electron chi connectivity index (χ3n) is 4.63. The van der Waals surface area contributed by atoms with Crippen LogP contribution < -0.4 is 14.8 Å². The normalized spacial score (nSPS) is 13.2. The zero-order chi connectivity index (χ0) is 22.7. The van der Waals surface area contributed by atoms with Crippen LogP contribution in [0.2, 0.25) is 0 Å². The van der Waals surface area contributed by atoms with E-state index in [1.54, 1.807) is 18.2 Å². The van der Waals surface area contributed by atoms with Crippen molar-refractivity contribution in [3.8, 4) is 22.8 Å². The number of carbonyl (C=O) groups is 2. The Morgan fingerprint density at radius 2 is 1.75 bits per heavy atom. The van der Waals surface area contributed by atoms with Gasteiger partial charge < -0.3 is 23.9 Å². The van der Waals surface area contributed by atoms with Crippen molar-refractivity contribution < 1.29 is 33.1 Å². The number of nitro benzene ring substituents is 1. The summed E-state index contributed by atoms with van der Waals surface area (Å²) in [6, 6.07) is 13.6. The molecule has 164 valence electrons. The van der Waals surface area contributed by atoms with Crippen LogP contribution in [0, 0.1) is 10.1 Å². The first-order valence-corrected chi connectivity index (χ1v) is 9.67. The number of hydrogen-bond donors (Lipinski definition) is 1. The van der Waals surface area contributed by atoms with Crippen LogP contribution in [0.3, 0.4) is 0 Å². The highest BCUT2D eigenvalue weighted by Crippen LogP contribution is 2.32. The minimum atomic E-state index is -1.09. The fourth-order valence-electron chi connectivity index (χ4n) is 2.99. The maximum absolute atomic E-state index is 12.4. The number of furan rings is 1. The van der Waals surface area contributed by atoms with Crippen LogP contribution in [-0.4, -0.2) is 36.1 Å². The Balaban J connectivity index is 1.37. The molecule has 10 heteroatoms. The number of ether oxygens (including phenoxy) is 3. The highest BCUT2D eigenvalue weighted by atomic mass is 16.6. The van der Waals surface area contributed by atoms with E-state index in [1.807, 2.05) is 0 Å². The highest BCUT2D eigenvalue weighted by molar-refractivity contribution is 5.97. The zero-order valence-corrected chi connectivity index (χ0v) is 16.9. The molecule has 10 nitrogen and oxygen atoms in total. The molecule has 0 saturated carbocycles. The Hall–Kier alpha value is -4.34. The summed E-state index contributed by atoms with van der Waals surface area (Å²) in [5, 5.41) is 13.4. The Bertz CT molecular complexity index is 1170. The van der Waals surface area contributed by atoms with Gasteiger partial charge in [0.1, 0.15) is 19.0 Å². The maximum Gasteiger partial charge on any atom is 0.375 e. The SMILES string of the molecule is C[C@@H](OC(=O)c1ccc(-c2ccc([N+](=O)[O-])cc2)o1)C(=O)Nc1ccc2c(c1)OCCO2. The number of nitrogens with one attached hydrogen (secondary N) is 1. The Kier molecular flexibility index (Phi) is 5.75. The quantitative estimate of drug-likeness (QED) is 0.349. The third-order valence-corrected chi connectivity index (χ3v) is 4.63. The minimum Gasteiger partial charge on any atom is -0.486 e. The lowest BCUT2D eigenvalue weighted by Crippen LogP contribution is -2.30. The van der Waals surface area contributed by atoms with Gasteiger partial charge in [0, 0.05) is 29.4 Å². The van der Waals surface area contributed by atoms with Crippen LogP contribution in [0.5, 0.6) is 11.5 Å². The largest absolute Gasteiger partial charge is 0.486 e. The Morgan fingerprint density at radius 1 is 1.03 bits per heavy atom. The number of rotatable bonds is 6. The second-order valence-electron chi connectivity index (χ2n) is 6.86. The predicted octanol–water partition coefficient (Wildman–Crippen LogP) is 3.81. The third kappa shape index (κ3) is 4.53. The molecule has 32 heavy (non-hydrogen) atoms. The van der Waals surface area contributed by atoms with Crippen molar-refractivity contribution in [1.29, 1.82) is 0 Å². The molecule has 0 aliphatic carbocycles. The molecule has 0 saturated heterocycles. The van der Waals surface area contributed by atoms with Gasteiger partial charge in [-0.1, -0.05) is 0 Å². The second-order valence-corrected chi connectivity index (χ2v) is 6.86. The van der Waals surface area contributed by atoms with Crippen LogP contribution in [0.25, 0.3) is 11.3 Å². The monoisotopic (exact) mass is 438 g/mol. The van der Waals surface area contributed by atoms with E-state index < -0.39 is 22.9 Å². The molecule has 0 fully saturated rings. The van der Waals surface area contributed by atoms with Gasteiger partial charge in [0.2, 0.25) is 5.76 Å². The van der Waals surface area contributed by atoms with Crippen molar-refractivity contribution in [3.05, 3.63) is 70.5 Å². The molecule has 2 heterocycles. The van der Waals surface area contributed by atoms with Crippen LogP contribution in [0.15, 0.2) is 59.0 Å². The summed E-state index contributed by atoms with van der Waals surface area (Å²) in [6.45, 7) is 2.32. The van der Waals surface area contributed by atoms with E-state index in [0.717, 1.165) is 0 Å². The number of hydrogen-bond acceptors (Lipinski definition) is 8. The molecule has 1 amide bonds. The van der Waals surface area contributed by atoms with Crippen LogP contribution in [0.1, 0.15) is 17.5 Å². The summed E-state index contributed by atoms with van der Waals surface area (Å²) in [6.07, 6.45) is -1.09. The lowest BCUT2D eigenvalue weighted by molar-refractivity contribution is -0.384. The highest BCUT2D eigenvalue weighted by Gasteiger charge is 2.22. The zero-order valence-electron chi connectivity index (χ0n) is 16.9. The standard InChI is InChI=1S/C22H18N2O8/c1-13(21(25)23-15-4-7-18-20(12-15)30-11-10-29-18)31-22(26)19-9-8-17(32-19)14-2-5-16(6-3-14)24(27)28/h2-9,12-13H,10-11H2,1H3,(H,23,25)/t13-/m1/s1. The number of amides is 1. The predicted molar refractivity (Wildman–Crippen MR) is 112 cm³/mol. The first-order chi connectivity index (χ1) is 15.4. The van der Waals surface area contributed by atoms with Gasteiger partial charge in [-0.3, -0.25) is 14.9 Å². The average Bonchev–Trinajstić information content (AvgIpc) is 3.29. The van der Waals surface area contributed by atoms with Gasteiger partial charge in [-0.25, -0.2) is 4.79 Å². The van der Waals surface area contributed by atoms with E-state index >= 15 is 0 Å². The van der Waals surface area contributed by atoms with Gasteiger partial charge in [0.25, 0.3) is 11.6 Å². The van der Waals surface area contributed by atoms with Crippen molar-refractivity contribution in [3.63, 3.8) is 0 Å². The van der Waals surface area contributed by atoms with Crippen molar-refractivity contribution in [2.45, 2.75) is 13.0 Å². The number of anilines is 1. The van der Waals surface area contributed by atoms with Crippen molar-refractivity contribution >= 4 is 23.3 Å². The number of nitrogens with zero attached hydrogens (tertiary/aromatic N) is 1. The molecule has 0 bridgehead atoms. The van der Waals surface area contributed by atoms with E-state index in [1.165, 1.54) is 43.3 Å². The summed E-state index contributed by atoms with van der Waals surface area (Å²) in [5.74, 6) is 0.00107. The number of carbonyl (C=O) groups excluding carboxylic acids is 2. The van der Waals surface area contributed by atoms with Crippen molar-refractivity contribution in [2.75, 3.05) is 18.5 Å². The molecule has 1 aliphatic heterocycles. The number of benzene rings is 2. The molecule has 0 radical (unpaired) electrons. The summed E-state index contributed by atoms with van der Waals surface area (Å²) in [5.41, 5.74) is 0.970. The molecule has 0 unspecified atom stereocenters. The molecular formula is C22H18N2O8. The van der Waals surface area contributed by atoms with Crippen LogP contribution in [-0.2, 0) is 9.53 Å². The fourth-order valence-corrected chi connectivity index (χ4v) is 2.99. The topological polar surface area (TPSA) is 130 Å². The summed E-state index contributed by atoms with van der Waals surface area (Å²) in [7, 11) is 0. The molecular weight excluding hydrogens is 420 g/mol. The van der Waals surface area contributed by atoms with Gasteiger partial charge in [-0.15, -0.1) is 0 Å². The molecule has 1 aliphatic rings.